The second kappa shape index (κ2) is 8.87. The quantitative estimate of drug-likeness (QED) is 0.274. The van der Waals surface area contributed by atoms with Gasteiger partial charge in [-0.25, -0.2) is 0 Å². The van der Waals surface area contributed by atoms with E-state index in [1.54, 1.807) is 0 Å². The Kier molecular flexibility index (Phi) is 7.86. The van der Waals surface area contributed by atoms with Crippen molar-refractivity contribution in [2.24, 2.45) is 0 Å². The van der Waals surface area contributed by atoms with Gasteiger partial charge in [-0.1, -0.05) is 12.2 Å². The Hall–Kier alpha value is -1.71. The molecule has 0 aliphatic carbocycles. The monoisotopic (exact) mass is 210 g/mol. The maximum Gasteiger partial charge on any atom is 0.305 e. The standard InChI is InChI=1S/C11H14O4/c1-15-11(14)8-5-7-10(13)6-3-2-4-9-12/h2-4,6,9H,5,7-8H2,1H3/b4-2-,6-3-. The average molecular weight is 210 g/mol. The van der Waals surface area contributed by atoms with E-state index in [-0.39, 0.29) is 18.2 Å². The molecule has 4 heteroatoms. The van der Waals surface area contributed by atoms with Gasteiger partial charge in [0.1, 0.15) is 6.29 Å². The molecule has 0 aliphatic heterocycles. The highest BCUT2D eigenvalue weighted by Gasteiger charge is 2.01. The van der Waals surface area contributed by atoms with Crippen LogP contribution in [-0.4, -0.2) is 25.1 Å². The first-order chi connectivity index (χ1) is 7.20. The maximum absolute atomic E-state index is 11.1. The van der Waals surface area contributed by atoms with Crippen molar-refractivity contribution < 1.29 is 19.1 Å². The van der Waals surface area contributed by atoms with Crippen LogP contribution in [0.4, 0.5) is 0 Å². The fourth-order valence-corrected chi connectivity index (χ4v) is 0.865. The van der Waals surface area contributed by atoms with Crippen molar-refractivity contribution in [2.75, 3.05) is 7.11 Å². The minimum absolute atomic E-state index is 0.0746. The van der Waals surface area contributed by atoms with Crippen molar-refractivity contribution in [3.05, 3.63) is 24.3 Å². The molecule has 0 aromatic carbocycles. The SMILES string of the molecule is COC(=O)CCCC(=O)/C=C\C=C/C=O. The third-order valence-electron chi connectivity index (χ3n) is 1.61. The molecule has 0 atom stereocenters. The van der Waals surface area contributed by atoms with Gasteiger partial charge in [-0.2, -0.15) is 0 Å². The molecule has 0 radical (unpaired) electrons. The summed E-state index contributed by atoms with van der Waals surface area (Å²) >= 11 is 0. The Morgan fingerprint density at radius 1 is 1.13 bits per heavy atom. The molecule has 0 amide bonds. The van der Waals surface area contributed by atoms with Crippen molar-refractivity contribution in [1.82, 2.24) is 0 Å². The van der Waals surface area contributed by atoms with Crippen molar-refractivity contribution >= 4 is 18.0 Å². The Morgan fingerprint density at radius 2 is 1.87 bits per heavy atom. The van der Waals surface area contributed by atoms with E-state index in [0.717, 1.165) is 0 Å². The molecule has 0 saturated carbocycles. The zero-order chi connectivity index (χ0) is 11.5. The molecule has 0 bridgehead atoms. The van der Waals surface area contributed by atoms with Gasteiger partial charge < -0.3 is 4.74 Å². The van der Waals surface area contributed by atoms with E-state index in [1.807, 2.05) is 0 Å². The summed E-state index contributed by atoms with van der Waals surface area (Å²) in [7, 11) is 1.31. The first-order valence-electron chi connectivity index (χ1n) is 4.59. The molecule has 0 heterocycles. The fraction of sp³-hybridized carbons (Fsp3) is 0.364. The molecule has 0 aromatic rings. The lowest BCUT2D eigenvalue weighted by atomic mass is 10.1. The molecular weight excluding hydrogens is 196 g/mol. The van der Waals surface area contributed by atoms with Gasteiger partial charge in [0.05, 0.1) is 7.11 Å². The molecule has 4 nitrogen and oxygen atoms in total. The summed E-state index contributed by atoms with van der Waals surface area (Å²) in [6.07, 6.45) is 7.30. The van der Waals surface area contributed by atoms with Crippen LogP contribution < -0.4 is 0 Å². The molecular formula is C11H14O4. The fourth-order valence-electron chi connectivity index (χ4n) is 0.865. The van der Waals surface area contributed by atoms with Gasteiger partial charge in [-0.15, -0.1) is 0 Å². The summed E-state index contributed by atoms with van der Waals surface area (Å²) in [6, 6.07) is 0. The number of ether oxygens (including phenoxy) is 1. The van der Waals surface area contributed by atoms with Gasteiger partial charge >= 0.3 is 5.97 Å². The summed E-state index contributed by atoms with van der Waals surface area (Å²) < 4.78 is 4.43. The number of carbonyl (C=O) groups excluding carboxylic acids is 3. The summed E-state index contributed by atoms with van der Waals surface area (Å²) in [5.74, 6) is -0.387. The normalized spacial score (nSPS) is 10.7. The van der Waals surface area contributed by atoms with E-state index in [1.165, 1.54) is 31.4 Å². The molecule has 0 spiro atoms. The molecule has 15 heavy (non-hydrogen) atoms. The number of hydrogen-bond donors (Lipinski definition) is 0. The minimum Gasteiger partial charge on any atom is -0.469 e. The van der Waals surface area contributed by atoms with E-state index >= 15 is 0 Å². The summed E-state index contributed by atoms with van der Waals surface area (Å²) in [5, 5.41) is 0. The highest BCUT2D eigenvalue weighted by atomic mass is 16.5. The smallest absolute Gasteiger partial charge is 0.305 e. The third-order valence-corrected chi connectivity index (χ3v) is 1.61. The molecule has 0 fully saturated rings. The lowest BCUT2D eigenvalue weighted by molar-refractivity contribution is -0.140. The molecule has 0 aliphatic rings. The first kappa shape index (κ1) is 13.3. The van der Waals surface area contributed by atoms with Crippen molar-refractivity contribution in [3.8, 4) is 0 Å². The second-order valence-corrected chi connectivity index (χ2v) is 2.78. The van der Waals surface area contributed by atoms with Crippen molar-refractivity contribution in [1.29, 1.82) is 0 Å². The average Bonchev–Trinajstić information content (AvgIpc) is 2.24. The summed E-state index contributed by atoms with van der Waals surface area (Å²) in [4.78, 5) is 31.7. The zero-order valence-electron chi connectivity index (χ0n) is 8.64. The van der Waals surface area contributed by atoms with E-state index in [2.05, 4.69) is 4.74 Å². The van der Waals surface area contributed by atoms with Crippen LogP contribution in [0, 0.1) is 0 Å². The highest BCUT2D eigenvalue weighted by Crippen LogP contribution is 1.99. The molecule has 0 rings (SSSR count). The largest absolute Gasteiger partial charge is 0.469 e. The lowest BCUT2D eigenvalue weighted by Crippen LogP contribution is -2.01. The van der Waals surface area contributed by atoms with Gasteiger partial charge in [-0.3, -0.25) is 14.4 Å². The Morgan fingerprint density at radius 3 is 2.47 bits per heavy atom. The zero-order valence-corrected chi connectivity index (χ0v) is 8.64. The van der Waals surface area contributed by atoms with Crippen LogP contribution in [0.5, 0.6) is 0 Å². The molecule has 0 unspecified atom stereocenters. The van der Waals surface area contributed by atoms with Crippen LogP contribution in [0.15, 0.2) is 24.3 Å². The first-order valence-corrected chi connectivity index (χ1v) is 4.59. The Bertz CT molecular complexity index is 276. The molecule has 0 aromatic heterocycles. The van der Waals surface area contributed by atoms with Crippen LogP contribution in [0.1, 0.15) is 19.3 Å². The van der Waals surface area contributed by atoms with Gasteiger partial charge in [-0.05, 0) is 18.6 Å². The van der Waals surface area contributed by atoms with Crippen LogP contribution in [0.25, 0.3) is 0 Å². The summed E-state index contributed by atoms with van der Waals surface area (Å²) in [5.41, 5.74) is 0. The third kappa shape index (κ3) is 8.62. The number of hydrogen-bond acceptors (Lipinski definition) is 4. The number of esters is 1. The number of carbonyl (C=O) groups is 3. The van der Waals surface area contributed by atoms with E-state index < -0.39 is 0 Å². The van der Waals surface area contributed by atoms with E-state index in [0.29, 0.717) is 19.1 Å². The topological polar surface area (TPSA) is 60.4 Å². The number of ketones is 1. The summed E-state index contributed by atoms with van der Waals surface area (Å²) in [6.45, 7) is 0. The van der Waals surface area contributed by atoms with E-state index in [9.17, 15) is 14.4 Å². The minimum atomic E-state index is -0.312. The van der Waals surface area contributed by atoms with Crippen LogP contribution in [-0.2, 0) is 19.1 Å². The molecule has 0 N–H and O–H groups in total. The van der Waals surface area contributed by atoms with Crippen LogP contribution in [0.2, 0.25) is 0 Å². The molecule has 82 valence electrons. The lowest BCUT2D eigenvalue weighted by Gasteiger charge is -1.96. The van der Waals surface area contributed by atoms with Crippen molar-refractivity contribution in [2.45, 2.75) is 19.3 Å². The number of methoxy groups -OCH3 is 1. The van der Waals surface area contributed by atoms with Gasteiger partial charge in [0.15, 0.2) is 5.78 Å². The Balaban J connectivity index is 3.66. The van der Waals surface area contributed by atoms with E-state index in [4.69, 9.17) is 0 Å². The second-order valence-electron chi connectivity index (χ2n) is 2.78. The predicted molar refractivity (Wildman–Crippen MR) is 55.2 cm³/mol. The highest BCUT2D eigenvalue weighted by molar-refractivity contribution is 5.90. The number of allylic oxidation sites excluding steroid dienone is 4. The number of rotatable bonds is 7. The van der Waals surface area contributed by atoms with Crippen molar-refractivity contribution in [3.63, 3.8) is 0 Å². The van der Waals surface area contributed by atoms with Crippen LogP contribution >= 0.6 is 0 Å². The number of aldehydes is 1. The predicted octanol–water partition coefficient (Wildman–Crippen LogP) is 1.21. The Labute approximate surface area is 88.6 Å². The maximum atomic E-state index is 11.1. The molecule has 0 saturated heterocycles. The van der Waals surface area contributed by atoms with Gasteiger partial charge in [0.2, 0.25) is 0 Å². The van der Waals surface area contributed by atoms with Gasteiger partial charge in [0.25, 0.3) is 0 Å². The van der Waals surface area contributed by atoms with Gasteiger partial charge in [0, 0.05) is 12.8 Å². The van der Waals surface area contributed by atoms with Crippen LogP contribution in [0.3, 0.4) is 0 Å².